The van der Waals surface area contributed by atoms with E-state index < -0.39 is 0 Å². The van der Waals surface area contributed by atoms with Crippen LogP contribution in [0.4, 0.5) is 0 Å². The summed E-state index contributed by atoms with van der Waals surface area (Å²) in [4.78, 5) is 5.54. The van der Waals surface area contributed by atoms with Crippen LogP contribution in [0.15, 0.2) is 0 Å². The number of unbranched alkanes of at least 4 members (excludes halogenated alkanes) is 6. The van der Waals surface area contributed by atoms with Crippen LogP contribution in [-0.4, -0.2) is 47.1 Å². The Bertz CT molecular complexity index is 309. The van der Waals surface area contributed by atoms with Crippen molar-refractivity contribution in [1.29, 1.82) is 0 Å². The molecule has 0 aromatic rings. The van der Waals surface area contributed by atoms with Crippen LogP contribution in [0.2, 0.25) is 0 Å². The third-order valence-corrected chi connectivity index (χ3v) is 5.67. The minimum Gasteiger partial charge on any atom is -0.301 e. The summed E-state index contributed by atoms with van der Waals surface area (Å²) in [6, 6.07) is 0. The van der Waals surface area contributed by atoms with Gasteiger partial charge in [0.2, 0.25) is 0 Å². The molecule has 0 N–H and O–H groups in total. The van der Waals surface area contributed by atoms with E-state index >= 15 is 0 Å². The summed E-state index contributed by atoms with van der Waals surface area (Å²) in [6.07, 6.45) is 12.3. The second-order valence-corrected chi connectivity index (χ2v) is 8.92. The molecule has 1 heterocycles. The smallest absolute Gasteiger partial charge is 0.0285 e. The Hall–Kier alpha value is -0.0800. The molecule has 1 aliphatic heterocycles. The first-order chi connectivity index (χ1) is 10.8. The largest absolute Gasteiger partial charge is 0.301 e. The summed E-state index contributed by atoms with van der Waals surface area (Å²) in [5, 5.41) is 0. The number of nitrogens with zero attached hydrogens (tertiary/aromatic N) is 2. The average Bonchev–Trinajstić information content (AvgIpc) is 2.55. The van der Waals surface area contributed by atoms with Crippen molar-refractivity contribution >= 4 is 0 Å². The normalized spacial score (nSPS) is 22.2. The number of rotatable bonds is 10. The minimum absolute atomic E-state index is 0.289. The van der Waals surface area contributed by atoms with Gasteiger partial charge < -0.3 is 4.90 Å². The van der Waals surface area contributed by atoms with Crippen LogP contribution in [0.3, 0.4) is 0 Å². The van der Waals surface area contributed by atoms with Crippen molar-refractivity contribution in [3.8, 4) is 0 Å². The molecule has 0 unspecified atom stereocenters. The average molecular weight is 325 g/mol. The van der Waals surface area contributed by atoms with Gasteiger partial charge in [0.05, 0.1) is 0 Å². The van der Waals surface area contributed by atoms with Crippen LogP contribution < -0.4 is 0 Å². The summed E-state index contributed by atoms with van der Waals surface area (Å²) in [5.74, 6) is 0. The first-order valence-corrected chi connectivity index (χ1v) is 10.3. The van der Waals surface area contributed by atoms with Crippen molar-refractivity contribution in [3.05, 3.63) is 0 Å². The van der Waals surface area contributed by atoms with Crippen molar-refractivity contribution in [1.82, 2.24) is 9.80 Å². The first kappa shape index (κ1) is 21.0. The van der Waals surface area contributed by atoms with Gasteiger partial charge in [0.15, 0.2) is 0 Å². The van der Waals surface area contributed by atoms with Gasteiger partial charge in [-0.15, -0.1) is 0 Å². The highest BCUT2D eigenvalue weighted by molar-refractivity contribution is 4.97. The highest BCUT2D eigenvalue weighted by Gasteiger charge is 2.40. The zero-order valence-corrected chi connectivity index (χ0v) is 17.1. The molecule has 1 fully saturated rings. The van der Waals surface area contributed by atoms with Gasteiger partial charge in [-0.05, 0) is 66.6 Å². The quantitative estimate of drug-likeness (QED) is 0.475. The Morgan fingerprint density at radius 1 is 0.696 bits per heavy atom. The molecule has 0 radical (unpaired) electrons. The predicted octanol–water partition coefficient (Wildman–Crippen LogP) is 5.71. The predicted molar refractivity (Wildman–Crippen MR) is 104 cm³/mol. The zero-order chi connectivity index (χ0) is 17.3. The van der Waals surface area contributed by atoms with E-state index in [0.717, 1.165) is 0 Å². The Balaban J connectivity index is 2.50. The van der Waals surface area contributed by atoms with E-state index in [1.165, 1.54) is 84.0 Å². The summed E-state index contributed by atoms with van der Waals surface area (Å²) in [6.45, 7) is 19.5. The fourth-order valence-electron chi connectivity index (χ4n) is 4.33. The molecule has 1 rings (SSSR count). The SMILES string of the molecule is CCCCCCCCN1CCC(C)(C)N(CCCC)C(C)(C)C1. The van der Waals surface area contributed by atoms with Crippen molar-refractivity contribution in [3.63, 3.8) is 0 Å². The maximum atomic E-state index is 2.80. The van der Waals surface area contributed by atoms with Crippen molar-refractivity contribution < 1.29 is 0 Å². The lowest BCUT2D eigenvalue weighted by atomic mass is 9.91. The lowest BCUT2D eigenvalue weighted by Gasteiger charge is -2.47. The van der Waals surface area contributed by atoms with E-state index in [1.807, 2.05) is 0 Å². The van der Waals surface area contributed by atoms with Crippen LogP contribution in [0, 0.1) is 0 Å². The molecule has 1 aliphatic rings. The Morgan fingerprint density at radius 2 is 1.30 bits per heavy atom. The van der Waals surface area contributed by atoms with E-state index in [0.29, 0.717) is 5.54 Å². The Kier molecular flexibility index (Phi) is 9.15. The van der Waals surface area contributed by atoms with Crippen LogP contribution in [0.5, 0.6) is 0 Å². The highest BCUT2D eigenvalue weighted by atomic mass is 15.3. The van der Waals surface area contributed by atoms with Gasteiger partial charge in [-0.25, -0.2) is 0 Å². The zero-order valence-electron chi connectivity index (χ0n) is 17.1. The fraction of sp³-hybridized carbons (Fsp3) is 1.00. The molecule has 0 aromatic heterocycles. The first-order valence-electron chi connectivity index (χ1n) is 10.3. The van der Waals surface area contributed by atoms with Crippen LogP contribution in [0.25, 0.3) is 0 Å². The number of hydrogen-bond donors (Lipinski definition) is 0. The van der Waals surface area contributed by atoms with Gasteiger partial charge >= 0.3 is 0 Å². The molecule has 0 saturated carbocycles. The lowest BCUT2D eigenvalue weighted by Crippen LogP contribution is -2.57. The van der Waals surface area contributed by atoms with Gasteiger partial charge in [0, 0.05) is 17.6 Å². The summed E-state index contributed by atoms with van der Waals surface area (Å²) in [5.41, 5.74) is 0.617. The molecule has 138 valence electrons. The second kappa shape index (κ2) is 10.0. The van der Waals surface area contributed by atoms with Crippen LogP contribution >= 0.6 is 0 Å². The Labute approximate surface area is 147 Å². The van der Waals surface area contributed by atoms with E-state index in [1.54, 1.807) is 0 Å². The molecule has 0 bridgehead atoms. The highest BCUT2D eigenvalue weighted by Crippen LogP contribution is 2.32. The topological polar surface area (TPSA) is 6.48 Å². The van der Waals surface area contributed by atoms with Crippen LogP contribution in [0.1, 0.15) is 99.3 Å². The fourth-order valence-corrected chi connectivity index (χ4v) is 4.33. The summed E-state index contributed by atoms with van der Waals surface area (Å²) < 4.78 is 0. The van der Waals surface area contributed by atoms with E-state index in [4.69, 9.17) is 0 Å². The molecule has 23 heavy (non-hydrogen) atoms. The molecule has 1 saturated heterocycles. The monoisotopic (exact) mass is 324 g/mol. The van der Waals surface area contributed by atoms with Gasteiger partial charge in [-0.2, -0.15) is 0 Å². The Morgan fingerprint density at radius 3 is 1.96 bits per heavy atom. The minimum atomic E-state index is 0.289. The molecular formula is C21H44N2. The third kappa shape index (κ3) is 7.13. The second-order valence-electron chi connectivity index (χ2n) is 8.92. The van der Waals surface area contributed by atoms with Gasteiger partial charge in [-0.3, -0.25) is 4.90 Å². The molecule has 0 aromatic carbocycles. The molecule has 0 atom stereocenters. The van der Waals surface area contributed by atoms with E-state index in [9.17, 15) is 0 Å². The van der Waals surface area contributed by atoms with E-state index in [2.05, 4.69) is 51.3 Å². The summed E-state index contributed by atoms with van der Waals surface area (Å²) in [7, 11) is 0. The van der Waals surface area contributed by atoms with Gasteiger partial charge in [-0.1, -0.05) is 52.4 Å². The van der Waals surface area contributed by atoms with Crippen molar-refractivity contribution in [2.24, 2.45) is 0 Å². The molecule has 0 amide bonds. The standard InChI is InChI=1S/C21H44N2/c1-7-9-11-12-13-14-16-22-18-15-20(3,4)23(17-10-8-2)21(5,6)19-22/h7-19H2,1-6H3. The lowest BCUT2D eigenvalue weighted by molar-refractivity contribution is 0.0197. The molecule has 0 spiro atoms. The van der Waals surface area contributed by atoms with Crippen LogP contribution in [-0.2, 0) is 0 Å². The van der Waals surface area contributed by atoms with Gasteiger partial charge in [0.1, 0.15) is 0 Å². The summed E-state index contributed by atoms with van der Waals surface area (Å²) >= 11 is 0. The van der Waals surface area contributed by atoms with Gasteiger partial charge in [0.25, 0.3) is 0 Å². The molecule has 2 heteroatoms. The maximum Gasteiger partial charge on any atom is 0.0285 e. The number of hydrogen-bond acceptors (Lipinski definition) is 2. The van der Waals surface area contributed by atoms with Crippen molar-refractivity contribution in [2.45, 2.75) is 110 Å². The third-order valence-electron chi connectivity index (χ3n) is 5.67. The molecular weight excluding hydrogens is 280 g/mol. The maximum absolute atomic E-state index is 2.80. The van der Waals surface area contributed by atoms with Crippen molar-refractivity contribution in [2.75, 3.05) is 26.2 Å². The molecule has 0 aliphatic carbocycles. The molecule has 2 nitrogen and oxygen atoms in total. The van der Waals surface area contributed by atoms with E-state index in [-0.39, 0.29) is 5.54 Å².